The van der Waals surface area contributed by atoms with Gasteiger partial charge in [0.15, 0.2) is 0 Å². The number of anilines is 1. The van der Waals surface area contributed by atoms with E-state index in [9.17, 15) is 18.0 Å². The Bertz CT molecular complexity index is 1820. The van der Waals surface area contributed by atoms with E-state index >= 15 is 0 Å². The average Bonchev–Trinajstić information content (AvgIpc) is 3.11. The van der Waals surface area contributed by atoms with Crippen LogP contribution in [0.1, 0.15) is 40.0 Å². The number of para-hydroxylation sites is 1. The minimum Gasteiger partial charge on any atom is -0.334 e. The standard InChI is InChI=1S/C28H25Cl3N4O4S/c1-16-14-34(15-21-19(16)10-7-11-22(21)29)27(36)20-12-25(24(31)13-23(20)30)40(38,39)32-26-17(2)33(3)35(28(26)37)18-8-5-4-6-9-18/h4-13,16,32H,14-15H2,1-3H3. The van der Waals surface area contributed by atoms with Crippen molar-refractivity contribution in [3.8, 4) is 5.69 Å². The molecule has 0 spiro atoms. The maximum Gasteiger partial charge on any atom is 0.296 e. The molecule has 5 rings (SSSR count). The number of rotatable bonds is 5. The minimum absolute atomic E-state index is 0.00823. The summed E-state index contributed by atoms with van der Waals surface area (Å²) in [5.41, 5.74) is 2.13. The molecule has 0 saturated heterocycles. The van der Waals surface area contributed by atoms with Crippen molar-refractivity contribution in [1.29, 1.82) is 0 Å². The molecule has 2 heterocycles. The van der Waals surface area contributed by atoms with Gasteiger partial charge in [0.2, 0.25) is 0 Å². The third-order valence-electron chi connectivity index (χ3n) is 7.15. The van der Waals surface area contributed by atoms with Crippen LogP contribution >= 0.6 is 34.8 Å². The van der Waals surface area contributed by atoms with Gasteiger partial charge in [-0.1, -0.05) is 72.1 Å². The minimum atomic E-state index is -4.40. The van der Waals surface area contributed by atoms with E-state index in [1.807, 2.05) is 25.1 Å². The molecule has 1 aliphatic heterocycles. The Morgan fingerprint density at radius 1 is 0.975 bits per heavy atom. The van der Waals surface area contributed by atoms with Gasteiger partial charge in [0.1, 0.15) is 10.6 Å². The molecule has 12 heteroatoms. The third kappa shape index (κ3) is 4.92. The van der Waals surface area contributed by atoms with E-state index in [4.69, 9.17) is 34.8 Å². The van der Waals surface area contributed by atoms with Crippen molar-refractivity contribution in [3.63, 3.8) is 0 Å². The lowest BCUT2D eigenvalue weighted by molar-refractivity contribution is 0.0721. The number of fused-ring (bicyclic) bond motifs is 1. The molecule has 1 amide bonds. The van der Waals surface area contributed by atoms with Gasteiger partial charge in [-0.05, 0) is 54.3 Å². The second-order valence-electron chi connectivity index (χ2n) is 9.70. The number of nitrogens with zero attached hydrogens (tertiary/aromatic N) is 3. The van der Waals surface area contributed by atoms with Crippen molar-refractivity contribution in [2.45, 2.75) is 31.2 Å². The SMILES string of the molecule is Cc1c(NS(=O)(=O)c2cc(C(=O)N3Cc4c(Cl)cccc4C(C)C3)c(Cl)cc2Cl)c(=O)n(-c2ccccc2)n1C. The van der Waals surface area contributed by atoms with Gasteiger partial charge in [0.25, 0.3) is 21.5 Å². The summed E-state index contributed by atoms with van der Waals surface area (Å²) in [7, 11) is -2.75. The zero-order valence-electron chi connectivity index (χ0n) is 21.8. The normalized spacial score (nSPS) is 15.2. The number of hydrogen-bond donors (Lipinski definition) is 1. The smallest absolute Gasteiger partial charge is 0.296 e. The van der Waals surface area contributed by atoms with Crippen LogP contribution in [-0.4, -0.2) is 35.1 Å². The summed E-state index contributed by atoms with van der Waals surface area (Å²) < 4.78 is 32.4. The molecule has 0 radical (unpaired) electrons. The van der Waals surface area contributed by atoms with Crippen molar-refractivity contribution in [3.05, 3.63) is 108 Å². The molecule has 208 valence electrons. The quantitative estimate of drug-likeness (QED) is 0.296. The number of benzene rings is 3. The molecule has 0 saturated carbocycles. The molecule has 1 aromatic heterocycles. The summed E-state index contributed by atoms with van der Waals surface area (Å²) in [6.45, 7) is 4.26. The highest BCUT2D eigenvalue weighted by Gasteiger charge is 2.31. The summed E-state index contributed by atoms with van der Waals surface area (Å²) in [6, 6.07) is 16.8. The predicted molar refractivity (Wildman–Crippen MR) is 158 cm³/mol. The first-order valence-corrected chi connectivity index (χ1v) is 14.9. The van der Waals surface area contributed by atoms with Crippen LogP contribution < -0.4 is 10.3 Å². The maximum atomic E-state index is 13.6. The van der Waals surface area contributed by atoms with Crippen LogP contribution in [-0.2, 0) is 23.6 Å². The van der Waals surface area contributed by atoms with Crippen LogP contribution in [0, 0.1) is 6.92 Å². The second kappa shape index (κ2) is 10.6. The van der Waals surface area contributed by atoms with Crippen LogP contribution in [0.5, 0.6) is 0 Å². The number of halogens is 3. The van der Waals surface area contributed by atoms with Gasteiger partial charge >= 0.3 is 0 Å². The number of carbonyl (C=O) groups excluding carboxylic acids is 1. The van der Waals surface area contributed by atoms with Crippen LogP contribution in [0.3, 0.4) is 0 Å². The van der Waals surface area contributed by atoms with Crippen LogP contribution in [0.4, 0.5) is 5.69 Å². The zero-order chi connectivity index (χ0) is 28.9. The fraction of sp³-hybridized carbons (Fsp3) is 0.214. The number of hydrogen-bond acceptors (Lipinski definition) is 4. The predicted octanol–water partition coefficient (Wildman–Crippen LogP) is 6.00. The van der Waals surface area contributed by atoms with Gasteiger partial charge in [-0.15, -0.1) is 0 Å². The molecule has 40 heavy (non-hydrogen) atoms. The lowest BCUT2D eigenvalue weighted by Crippen LogP contribution is -2.38. The van der Waals surface area contributed by atoms with E-state index in [2.05, 4.69) is 4.72 Å². The fourth-order valence-electron chi connectivity index (χ4n) is 4.99. The van der Waals surface area contributed by atoms with Gasteiger partial charge in [0, 0.05) is 25.2 Å². The summed E-state index contributed by atoms with van der Waals surface area (Å²) in [6.07, 6.45) is 0. The number of nitrogens with one attached hydrogen (secondary N) is 1. The largest absolute Gasteiger partial charge is 0.334 e. The van der Waals surface area contributed by atoms with Crippen LogP contribution in [0.2, 0.25) is 15.1 Å². The Morgan fingerprint density at radius 2 is 1.68 bits per heavy atom. The molecule has 1 atom stereocenters. The van der Waals surface area contributed by atoms with E-state index in [1.165, 1.54) is 10.7 Å². The molecule has 1 N–H and O–H groups in total. The molecule has 1 unspecified atom stereocenters. The van der Waals surface area contributed by atoms with Gasteiger partial charge < -0.3 is 4.90 Å². The Labute approximate surface area is 246 Å². The number of carbonyl (C=O) groups is 1. The molecule has 4 aromatic rings. The summed E-state index contributed by atoms with van der Waals surface area (Å²) >= 11 is 19.2. The monoisotopic (exact) mass is 618 g/mol. The van der Waals surface area contributed by atoms with Crippen molar-refractivity contribution in [2.24, 2.45) is 7.05 Å². The summed E-state index contributed by atoms with van der Waals surface area (Å²) in [5.74, 6) is -0.451. The second-order valence-corrected chi connectivity index (χ2v) is 12.6. The molecule has 0 aliphatic carbocycles. The lowest BCUT2D eigenvalue weighted by atomic mass is 9.91. The molecule has 0 bridgehead atoms. The van der Waals surface area contributed by atoms with E-state index in [1.54, 1.807) is 53.9 Å². The molecule has 8 nitrogen and oxygen atoms in total. The molecule has 3 aromatic carbocycles. The van der Waals surface area contributed by atoms with Crippen LogP contribution in [0.25, 0.3) is 5.69 Å². The Balaban J connectivity index is 1.51. The lowest BCUT2D eigenvalue weighted by Gasteiger charge is -2.34. The molecule has 1 aliphatic rings. The maximum absolute atomic E-state index is 13.6. The first-order valence-electron chi connectivity index (χ1n) is 12.3. The van der Waals surface area contributed by atoms with E-state index in [-0.39, 0.29) is 38.7 Å². The van der Waals surface area contributed by atoms with E-state index in [0.29, 0.717) is 22.9 Å². The Morgan fingerprint density at radius 3 is 2.38 bits per heavy atom. The fourth-order valence-corrected chi connectivity index (χ4v) is 7.20. The van der Waals surface area contributed by atoms with Gasteiger partial charge in [-0.3, -0.25) is 19.0 Å². The molecular weight excluding hydrogens is 595 g/mol. The highest BCUT2D eigenvalue weighted by Crippen LogP contribution is 2.35. The van der Waals surface area contributed by atoms with Crippen molar-refractivity contribution in [1.82, 2.24) is 14.3 Å². The van der Waals surface area contributed by atoms with E-state index < -0.39 is 21.5 Å². The number of sulfonamides is 1. The highest BCUT2D eigenvalue weighted by molar-refractivity contribution is 7.92. The molecule has 0 fully saturated rings. The first kappa shape index (κ1) is 28.3. The van der Waals surface area contributed by atoms with Crippen molar-refractivity contribution >= 4 is 56.4 Å². The summed E-state index contributed by atoms with van der Waals surface area (Å²) in [5, 5.41) is 0.371. The first-order chi connectivity index (χ1) is 18.9. The number of aromatic nitrogens is 2. The zero-order valence-corrected chi connectivity index (χ0v) is 24.9. The molecular formula is C28H25Cl3N4O4S. The highest BCUT2D eigenvalue weighted by atomic mass is 35.5. The third-order valence-corrected chi connectivity index (χ3v) is 9.63. The summed E-state index contributed by atoms with van der Waals surface area (Å²) in [4.78, 5) is 28.1. The van der Waals surface area contributed by atoms with Gasteiger partial charge in [-0.25, -0.2) is 13.1 Å². The van der Waals surface area contributed by atoms with Gasteiger partial charge in [0.05, 0.1) is 27.0 Å². The van der Waals surface area contributed by atoms with Crippen LogP contribution in [0.15, 0.2) is 70.4 Å². The topological polar surface area (TPSA) is 93.4 Å². The Hall–Kier alpha value is -3.24. The average molecular weight is 620 g/mol. The van der Waals surface area contributed by atoms with E-state index in [0.717, 1.165) is 17.2 Å². The van der Waals surface area contributed by atoms with Gasteiger partial charge in [-0.2, -0.15) is 0 Å². The number of amides is 1. The van der Waals surface area contributed by atoms with Crippen molar-refractivity contribution in [2.75, 3.05) is 11.3 Å². The Kier molecular flexibility index (Phi) is 7.52. The van der Waals surface area contributed by atoms with Crippen molar-refractivity contribution < 1.29 is 13.2 Å².